The number of aromatic nitrogens is 2. The molecule has 0 saturated carbocycles. The molecule has 0 amide bonds. The SMILES string of the molecule is CCCn1nccc1CC1CCNCC1. The molecule has 1 saturated heterocycles. The first-order valence-corrected chi connectivity index (χ1v) is 6.11. The summed E-state index contributed by atoms with van der Waals surface area (Å²) in [6.07, 6.45) is 6.95. The number of nitrogens with one attached hydrogen (secondary N) is 1. The summed E-state index contributed by atoms with van der Waals surface area (Å²) in [5.74, 6) is 0.860. The van der Waals surface area contributed by atoms with Gasteiger partial charge in [0.25, 0.3) is 0 Å². The molecule has 1 N–H and O–H groups in total. The average molecular weight is 207 g/mol. The van der Waals surface area contributed by atoms with E-state index >= 15 is 0 Å². The zero-order valence-electron chi connectivity index (χ0n) is 9.58. The summed E-state index contributed by atoms with van der Waals surface area (Å²) in [5, 5.41) is 7.78. The summed E-state index contributed by atoms with van der Waals surface area (Å²) in [4.78, 5) is 0. The molecular weight excluding hydrogens is 186 g/mol. The van der Waals surface area contributed by atoms with Gasteiger partial charge < -0.3 is 5.32 Å². The normalized spacial score (nSPS) is 18.2. The Morgan fingerprint density at radius 3 is 3.00 bits per heavy atom. The number of rotatable bonds is 4. The molecule has 1 aromatic heterocycles. The summed E-state index contributed by atoms with van der Waals surface area (Å²) >= 11 is 0. The Morgan fingerprint density at radius 1 is 1.47 bits per heavy atom. The molecule has 1 aliphatic rings. The predicted octanol–water partition coefficient (Wildman–Crippen LogP) is 1.84. The van der Waals surface area contributed by atoms with E-state index in [9.17, 15) is 0 Å². The summed E-state index contributed by atoms with van der Waals surface area (Å²) in [7, 11) is 0. The van der Waals surface area contributed by atoms with Crippen LogP contribution in [0.3, 0.4) is 0 Å². The van der Waals surface area contributed by atoms with Crippen LogP contribution in [0, 0.1) is 5.92 Å². The maximum atomic E-state index is 4.37. The van der Waals surface area contributed by atoms with Crippen LogP contribution in [0.15, 0.2) is 12.3 Å². The largest absolute Gasteiger partial charge is 0.317 e. The smallest absolute Gasteiger partial charge is 0.0492 e. The van der Waals surface area contributed by atoms with Crippen LogP contribution in [-0.4, -0.2) is 22.9 Å². The van der Waals surface area contributed by atoms with E-state index in [1.807, 2.05) is 6.20 Å². The molecule has 3 heteroatoms. The summed E-state index contributed by atoms with van der Waals surface area (Å²) in [5.41, 5.74) is 1.42. The van der Waals surface area contributed by atoms with Crippen LogP contribution in [-0.2, 0) is 13.0 Å². The lowest BCUT2D eigenvalue weighted by molar-refractivity contribution is 0.363. The van der Waals surface area contributed by atoms with Crippen LogP contribution in [0.25, 0.3) is 0 Å². The van der Waals surface area contributed by atoms with E-state index in [1.54, 1.807) is 0 Å². The second kappa shape index (κ2) is 5.31. The van der Waals surface area contributed by atoms with Crippen molar-refractivity contribution in [2.24, 2.45) is 5.92 Å². The molecule has 0 unspecified atom stereocenters. The third kappa shape index (κ3) is 2.81. The lowest BCUT2D eigenvalue weighted by Gasteiger charge is -2.22. The zero-order valence-corrected chi connectivity index (χ0v) is 9.58. The Bertz CT molecular complexity index is 287. The zero-order chi connectivity index (χ0) is 10.5. The van der Waals surface area contributed by atoms with Gasteiger partial charge in [0.05, 0.1) is 0 Å². The first-order chi connectivity index (χ1) is 7.40. The van der Waals surface area contributed by atoms with Crippen molar-refractivity contribution in [3.05, 3.63) is 18.0 Å². The maximum Gasteiger partial charge on any atom is 0.0492 e. The lowest BCUT2D eigenvalue weighted by Crippen LogP contribution is -2.29. The van der Waals surface area contributed by atoms with Crippen molar-refractivity contribution in [3.8, 4) is 0 Å². The number of piperidine rings is 1. The fourth-order valence-electron chi connectivity index (χ4n) is 2.33. The standard InChI is InChI=1S/C12H21N3/c1-2-9-15-12(5-8-14-15)10-11-3-6-13-7-4-11/h5,8,11,13H,2-4,6-7,9-10H2,1H3. The molecule has 15 heavy (non-hydrogen) atoms. The van der Waals surface area contributed by atoms with Crippen molar-refractivity contribution < 1.29 is 0 Å². The van der Waals surface area contributed by atoms with E-state index in [4.69, 9.17) is 0 Å². The quantitative estimate of drug-likeness (QED) is 0.816. The number of aryl methyl sites for hydroxylation is 1. The first-order valence-electron chi connectivity index (χ1n) is 6.11. The highest BCUT2D eigenvalue weighted by molar-refractivity contribution is 5.02. The van der Waals surface area contributed by atoms with Crippen molar-refractivity contribution in [2.45, 2.75) is 39.2 Å². The molecule has 3 nitrogen and oxygen atoms in total. The molecule has 0 radical (unpaired) electrons. The number of hydrogen-bond acceptors (Lipinski definition) is 2. The Morgan fingerprint density at radius 2 is 2.27 bits per heavy atom. The molecule has 0 spiro atoms. The van der Waals surface area contributed by atoms with Crippen molar-refractivity contribution in [2.75, 3.05) is 13.1 Å². The van der Waals surface area contributed by atoms with Gasteiger partial charge in [0, 0.05) is 18.4 Å². The highest BCUT2D eigenvalue weighted by Crippen LogP contribution is 2.17. The highest BCUT2D eigenvalue weighted by atomic mass is 15.3. The topological polar surface area (TPSA) is 29.9 Å². The van der Waals surface area contributed by atoms with Gasteiger partial charge in [-0.1, -0.05) is 6.92 Å². The lowest BCUT2D eigenvalue weighted by atomic mass is 9.93. The predicted molar refractivity (Wildman–Crippen MR) is 61.8 cm³/mol. The van der Waals surface area contributed by atoms with Crippen molar-refractivity contribution in [1.29, 1.82) is 0 Å². The average Bonchev–Trinajstić information content (AvgIpc) is 2.68. The van der Waals surface area contributed by atoms with Crippen LogP contribution < -0.4 is 5.32 Å². The minimum Gasteiger partial charge on any atom is -0.317 e. The van der Waals surface area contributed by atoms with E-state index in [0.29, 0.717) is 0 Å². The Labute approximate surface area is 91.9 Å². The summed E-state index contributed by atoms with van der Waals surface area (Å²) < 4.78 is 2.17. The van der Waals surface area contributed by atoms with Crippen LogP contribution in [0.5, 0.6) is 0 Å². The van der Waals surface area contributed by atoms with Crippen LogP contribution in [0.1, 0.15) is 31.9 Å². The van der Waals surface area contributed by atoms with Crippen molar-refractivity contribution in [1.82, 2.24) is 15.1 Å². The summed E-state index contributed by atoms with van der Waals surface area (Å²) in [6.45, 7) is 5.64. The van der Waals surface area contributed by atoms with Gasteiger partial charge in [0.2, 0.25) is 0 Å². The maximum absolute atomic E-state index is 4.37. The minimum atomic E-state index is 0.860. The first kappa shape index (κ1) is 10.7. The van der Waals surface area contributed by atoms with Gasteiger partial charge >= 0.3 is 0 Å². The fourth-order valence-corrected chi connectivity index (χ4v) is 2.33. The molecule has 0 bridgehead atoms. The van der Waals surface area contributed by atoms with E-state index in [1.165, 1.54) is 44.5 Å². The van der Waals surface area contributed by atoms with Crippen molar-refractivity contribution in [3.63, 3.8) is 0 Å². The molecule has 2 heterocycles. The van der Waals surface area contributed by atoms with Gasteiger partial charge in [-0.2, -0.15) is 5.10 Å². The van der Waals surface area contributed by atoms with Crippen molar-refractivity contribution >= 4 is 0 Å². The molecular formula is C12H21N3. The third-order valence-electron chi connectivity index (χ3n) is 3.20. The molecule has 1 aliphatic heterocycles. The van der Waals surface area contributed by atoms with Gasteiger partial charge in [-0.15, -0.1) is 0 Å². The second-order valence-corrected chi connectivity index (χ2v) is 4.44. The molecule has 0 aromatic carbocycles. The molecule has 84 valence electrons. The van der Waals surface area contributed by atoms with E-state index in [2.05, 4.69) is 28.1 Å². The van der Waals surface area contributed by atoms with Gasteiger partial charge in [-0.3, -0.25) is 4.68 Å². The number of nitrogens with zero attached hydrogens (tertiary/aromatic N) is 2. The van der Waals surface area contributed by atoms with Crippen LogP contribution in [0.2, 0.25) is 0 Å². The highest BCUT2D eigenvalue weighted by Gasteiger charge is 2.15. The van der Waals surface area contributed by atoms with E-state index in [-0.39, 0.29) is 0 Å². The van der Waals surface area contributed by atoms with E-state index < -0.39 is 0 Å². The number of hydrogen-bond donors (Lipinski definition) is 1. The monoisotopic (exact) mass is 207 g/mol. The van der Waals surface area contributed by atoms with Gasteiger partial charge in [-0.05, 0) is 50.8 Å². The van der Waals surface area contributed by atoms with Gasteiger partial charge in [0.1, 0.15) is 0 Å². The van der Waals surface area contributed by atoms with E-state index in [0.717, 1.165) is 12.5 Å². The second-order valence-electron chi connectivity index (χ2n) is 4.44. The Kier molecular flexibility index (Phi) is 3.78. The van der Waals surface area contributed by atoms with Gasteiger partial charge in [0.15, 0.2) is 0 Å². The van der Waals surface area contributed by atoms with Gasteiger partial charge in [-0.25, -0.2) is 0 Å². The molecule has 1 fully saturated rings. The third-order valence-corrected chi connectivity index (χ3v) is 3.20. The summed E-state index contributed by atoms with van der Waals surface area (Å²) in [6, 6.07) is 2.18. The van der Waals surface area contributed by atoms with Crippen LogP contribution >= 0.6 is 0 Å². The minimum absolute atomic E-state index is 0.860. The molecule has 2 rings (SSSR count). The fraction of sp³-hybridized carbons (Fsp3) is 0.750. The Hall–Kier alpha value is -0.830. The molecule has 1 aromatic rings. The molecule has 0 atom stereocenters. The van der Waals surface area contributed by atoms with Crippen LogP contribution in [0.4, 0.5) is 0 Å². The molecule has 0 aliphatic carbocycles. The Balaban J connectivity index is 1.93.